The van der Waals surface area contributed by atoms with E-state index in [-0.39, 0.29) is 42.4 Å². The molecule has 0 fully saturated rings. The van der Waals surface area contributed by atoms with E-state index in [2.05, 4.69) is 30.9 Å². The molecule has 0 saturated carbocycles. The summed E-state index contributed by atoms with van der Waals surface area (Å²) in [4.78, 5) is 26.5. The number of aliphatic hydroxyl groups is 1. The molecule has 0 saturated heterocycles. The first-order valence-electron chi connectivity index (χ1n) is 11.7. The Bertz CT molecular complexity index is 1040. The van der Waals surface area contributed by atoms with Crippen molar-refractivity contribution < 1.29 is 23.8 Å². The van der Waals surface area contributed by atoms with Crippen LogP contribution in [-0.2, 0) is 14.3 Å². The third-order valence-corrected chi connectivity index (χ3v) is 5.73. The van der Waals surface area contributed by atoms with Gasteiger partial charge in [0, 0.05) is 24.1 Å². The number of para-hydroxylation sites is 1. The van der Waals surface area contributed by atoms with E-state index in [0.717, 1.165) is 16.8 Å². The van der Waals surface area contributed by atoms with Crippen molar-refractivity contribution >= 4 is 17.4 Å². The maximum Gasteiger partial charge on any atom is 0.313 e. The first-order chi connectivity index (χ1) is 16.0. The molecule has 0 unspecified atom stereocenters. The number of halogens is 1. The first-order valence-corrected chi connectivity index (χ1v) is 11.7. The molecule has 0 aliphatic carbocycles. The molecule has 2 aromatic rings. The minimum atomic E-state index is -1.03. The second-order valence-corrected chi connectivity index (χ2v) is 10.0. The molecule has 1 aliphatic heterocycles. The van der Waals surface area contributed by atoms with Crippen LogP contribution in [0.3, 0.4) is 0 Å². The van der Waals surface area contributed by atoms with E-state index in [0.29, 0.717) is 0 Å². The number of rotatable bonds is 8. The summed E-state index contributed by atoms with van der Waals surface area (Å²) in [5.41, 5.74) is 2.54. The predicted octanol–water partition coefficient (Wildman–Crippen LogP) is 5.16. The van der Waals surface area contributed by atoms with Crippen LogP contribution >= 0.6 is 0 Å². The second-order valence-electron chi connectivity index (χ2n) is 10.0. The first kappa shape index (κ1) is 25.6. The van der Waals surface area contributed by atoms with Crippen molar-refractivity contribution in [1.82, 2.24) is 0 Å². The minimum absolute atomic E-state index is 0.0554. The van der Waals surface area contributed by atoms with Gasteiger partial charge in [-0.2, -0.15) is 0 Å². The number of Topliss-reactive ketones (excluding diaryl/α,β-unsaturated/α-hetero) is 1. The van der Waals surface area contributed by atoms with Gasteiger partial charge in [0.1, 0.15) is 23.6 Å². The fourth-order valence-corrected chi connectivity index (χ4v) is 4.52. The van der Waals surface area contributed by atoms with E-state index in [1.807, 2.05) is 18.2 Å². The zero-order chi connectivity index (χ0) is 25.0. The van der Waals surface area contributed by atoms with Gasteiger partial charge in [-0.15, -0.1) is 0 Å². The number of ketones is 1. The lowest BCUT2D eigenvalue weighted by Crippen LogP contribution is -2.38. The lowest BCUT2D eigenvalue weighted by Gasteiger charge is -2.32. The molecular weight excluding hydrogens is 433 g/mol. The van der Waals surface area contributed by atoms with Gasteiger partial charge >= 0.3 is 5.97 Å². The number of benzene rings is 2. The summed E-state index contributed by atoms with van der Waals surface area (Å²) < 4.78 is 18.8. The van der Waals surface area contributed by atoms with Gasteiger partial charge < -0.3 is 14.7 Å². The highest BCUT2D eigenvalue weighted by Crippen LogP contribution is 2.46. The zero-order valence-corrected chi connectivity index (χ0v) is 20.5. The summed E-state index contributed by atoms with van der Waals surface area (Å²) in [7, 11) is 0. The Morgan fingerprint density at radius 2 is 1.76 bits per heavy atom. The van der Waals surface area contributed by atoms with Gasteiger partial charge in [0.2, 0.25) is 0 Å². The number of fused-ring (bicyclic) bond motifs is 1. The molecule has 0 radical (unpaired) electrons. The lowest BCUT2D eigenvalue weighted by molar-refractivity contribution is -0.156. The Balaban J connectivity index is 1.80. The van der Waals surface area contributed by atoms with Gasteiger partial charge in [-0.25, -0.2) is 4.39 Å². The molecule has 5 nitrogen and oxygen atoms in total. The van der Waals surface area contributed by atoms with E-state index in [1.54, 1.807) is 39.0 Å². The Hall–Kier alpha value is -2.99. The fraction of sp³-hybridized carbons (Fsp3) is 0.429. The Kier molecular flexibility index (Phi) is 7.93. The van der Waals surface area contributed by atoms with Gasteiger partial charge in [-0.1, -0.05) is 42.5 Å². The molecular formula is C28H34FNO4. The van der Waals surface area contributed by atoms with Crippen LogP contribution in [0.1, 0.15) is 64.5 Å². The molecule has 1 heterocycles. The third kappa shape index (κ3) is 6.32. The van der Waals surface area contributed by atoms with Crippen molar-refractivity contribution in [3.8, 4) is 0 Å². The lowest BCUT2D eigenvalue weighted by atomic mass is 9.87. The number of ether oxygens (including phenoxy) is 1. The standard InChI is InChI=1S/C28H34FNO4/c1-18(2)30-24-9-7-6-8-23(24)27(19-10-12-20(29)13-11-19)25(30)15-14-21(31)16-22(32)17-26(33)34-28(3,4)5/h6-15,18,21,25,27,31H,16-17H2,1-5H3/b15-14+/t21-,25+,27+/m1/s1. The van der Waals surface area contributed by atoms with Crippen LogP contribution in [0.5, 0.6) is 0 Å². The number of carbonyl (C=O) groups is 2. The Labute approximate surface area is 201 Å². The normalized spacial score (nSPS) is 18.9. The molecule has 1 aliphatic rings. The van der Waals surface area contributed by atoms with Crippen LogP contribution in [0.25, 0.3) is 0 Å². The summed E-state index contributed by atoms with van der Waals surface area (Å²) in [6.45, 7) is 9.43. The van der Waals surface area contributed by atoms with E-state index in [4.69, 9.17) is 4.74 Å². The number of nitrogens with zero attached hydrogens (tertiary/aromatic N) is 1. The largest absolute Gasteiger partial charge is 0.460 e. The van der Waals surface area contributed by atoms with Crippen molar-refractivity contribution in [2.45, 2.75) is 77.2 Å². The van der Waals surface area contributed by atoms with Gasteiger partial charge in [0.15, 0.2) is 0 Å². The van der Waals surface area contributed by atoms with E-state index >= 15 is 0 Å². The van der Waals surface area contributed by atoms with Crippen molar-refractivity contribution in [2.75, 3.05) is 4.90 Å². The fourth-order valence-electron chi connectivity index (χ4n) is 4.52. The number of carbonyl (C=O) groups excluding carboxylic acids is 2. The molecule has 34 heavy (non-hydrogen) atoms. The van der Waals surface area contributed by atoms with Gasteiger partial charge in [0.25, 0.3) is 0 Å². The third-order valence-electron chi connectivity index (χ3n) is 5.73. The van der Waals surface area contributed by atoms with Crippen LogP contribution in [-0.4, -0.2) is 40.6 Å². The van der Waals surface area contributed by atoms with Crippen LogP contribution < -0.4 is 4.90 Å². The summed E-state index contributed by atoms with van der Waals surface area (Å²) >= 11 is 0. The molecule has 0 amide bonds. The molecule has 2 aromatic carbocycles. The molecule has 3 atom stereocenters. The summed E-state index contributed by atoms with van der Waals surface area (Å²) in [6, 6.07) is 14.7. The van der Waals surface area contributed by atoms with E-state index in [1.165, 1.54) is 12.1 Å². The van der Waals surface area contributed by atoms with Gasteiger partial charge in [0.05, 0.1) is 12.1 Å². The van der Waals surface area contributed by atoms with Crippen molar-refractivity contribution in [2.24, 2.45) is 0 Å². The smallest absolute Gasteiger partial charge is 0.313 e. The number of hydrogen-bond acceptors (Lipinski definition) is 5. The van der Waals surface area contributed by atoms with E-state index in [9.17, 15) is 19.1 Å². The second kappa shape index (κ2) is 10.5. The van der Waals surface area contributed by atoms with Crippen molar-refractivity contribution in [3.63, 3.8) is 0 Å². The topological polar surface area (TPSA) is 66.8 Å². The molecule has 3 rings (SSSR count). The van der Waals surface area contributed by atoms with E-state index < -0.39 is 17.7 Å². The summed E-state index contributed by atoms with van der Waals surface area (Å²) in [5.74, 6) is -1.32. The van der Waals surface area contributed by atoms with Gasteiger partial charge in [-0.05, 0) is 63.9 Å². The van der Waals surface area contributed by atoms with Crippen LogP contribution in [0.4, 0.5) is 10.1 Å². The van der Waals surface area contributed by atoms with Crippen molar-refractivity contribution in [1.29, 1.82) is 0 Å². The van der Waals surface area contributed by atoms with Crippen LogP contribution in [0.15, 0.2) is 60.7 Å². The molecule has 182 valence electrons. The van der Waals surface area contributed by atoms with Crippen molar-refractivity contribution in [3.05, 3.63) is 77.6 Å². The van der Waals surface area contributed by atoms with Crippen LogP contribution in [0.2, 0.25) is 0 Å². The monoisotopic (exact) mass is 467 g/mol. The Morgan fingerprint density at radius 3 is 2.38 bits per heavy atom. The molecule has 0 aromatic heterocycles. The number of aliphatic hydroxyl groups excluding tert-OH is 1. The maximum absolute atomic E-state index is 13.6. The Morgan fingerprint density at radius 1 is 1.12 bits per heavy atom. The highest BCUT2D eigenvalue weighted by Gasteiger charge is 2.39. The van der Waals surface area contributed by atoms with Crippen LogP contribution in [0, 0.1) is 5.82 Å². The quantitative estimate of drug-likeness (QED) is 0.330. The SMILES string of the molecule is CC(C)N1c2ccccc2[C@H](c2ccc(F)cc2)[C@@H]1/C=C/[C@@H](O)CC(=O)CC(=O)OC(C)(C)C. The molecule has 6 heteroatoms. The minimum Gasteiger partial charge on any atom is -0.460 e. The highest BCUT2D eigenvalue weighted by molar-refractivity contribution is 5.95. The summed E-state index contributed by atoms with van der Waals surface area (Å²) in [6.07, 6.45) is 1.97. The molecule has 0 spiro atoms. The number of esters is 1. The predicted molar refractivity (Wildman–Crippen MR) is 131 cm³/mol. The summed E-state index contributed by atoms with van der Waals surface area (Å²) in [5, 5.41) is 10.5. The maximum atomic E-state index is 13.6. The average molecular weight is 468 g/mol. The molecule has 0 bridgehead atoms. The highest BCUT2D eigenvalue weighted by atomic mass is 19.1. The number of anilines is 1. The number of hydrogen-bond donors (Lipinski definition) is 1. The zero-order valence-electron chi connectivity index (χ0n) is 20.5. The molecule has 1 N–H and O–H groups in total. The van der Waals surface area contributed by atoms with Gasteiger partial charge in [-0.3, -0.25) is 9.59 Å². The average Bonchev–Trinajstić information content (AvgIpc) is 3.05.